The van der Waals surface area contributed by atoms with E-state index >= 15 is 0 Å². The summed E-state index contributed by atoms with van der Waals surface area (Å²) in [5.74, 6) is 0.967. The molecule has 1 aromatic carbocycles. The molecule has 1 saturated heterocycles. The summed E-state index contributed by atoms with van der Waals surface area (Å²) in [6, 6.07) is 11.1. The van der Waals surface area contributed by atoms with Gasteiger partial charge in [-0.2, -0.15) is 0 Å². The standard InChI is InChI=1S/C20H23FN4O/c1-14-6-11-18(24(14)2)20-23-22-19(26-20)13-25-12-4-3-5-17(25)15-7-9-16(21)10-8-15/h6-11,17H,3-5,12-13H2,1-2H3. The van der Waals surface area contributed by atoms with Crippen molar-refractivity contribution >= 4 is 0 Å². The van der Waals surface area contributed by atoms with Crippen LogP contribution < -0.4 is 0 Å². The minimum Gasteiger partial charge on any atom is -0.418 e. The molecular weight excluding hydrogens is 331 g/mol. The van der Waals surface area contributed by atoms with E-state index in [4.69, 9.17) is 4.42 Å². The third-order valence-electron chi connectivity index (χ3n) is 5.27. The molecule has 0 N–H and O–H groups in total. The summed E-state index contributed by atoms with van der Waals surface area (Å²) in [6.45, 7) is 3.63. The van der Waals surface area contributed by atoms with Gasteiger partial charge in [-0.15, -0.1) is 10.2 Å². The Kier molecular flexibility index (Phi) is 4.59. The predicted octanol–water partition coefficient (Wildman–Crippen LogP) is 4.25. The molecule has 0 amide bonds. The van der Waals surface area contributed by atoms with Crippen LogP contribution in [0.1, 0.15) is 42.5 Å². The molecule has 1 aliphatic heterocycles. The molecular formula is C20H23FN4O. The first-order valence-electron chi connectivity index (χ1n) is 9.06. The van der Waals surface area contributed by atoms with Crippen LogP contribution in [0.15, 0.2) is 40.8 Å². The van der Waals surface area contributed by atoms with Crippen molar-refractivity contribution in [1.29, 1.82) is 0 Å². The van der Waals surface area contributed by atoms with Crippen LogP contribution in [0, 0.1) is 12.7 Å². The first-order chi connectivity index (χ1) is 12.6. The second-order valence-corrected chi connectivity index (χ2v) is 6.95. The van der Waals surface area contributed by atoms with Gasteiger partial charge in [0, 0.05) is 18.8 Å². The monoisotopic (exact) mass is 354 g/mol. The van der Waals surface area contributed by atoms with Gasteiger partial charge in [0.1, 0.15) is 11.5 Å². The van der Waals surface area contributed by atoms with Crippen LogP contribution in [0.2, 0.25) is 0 Å². The minimum absolute atomic E-state index is 0.199. The Labute approximate surface area is 152 Å². The van der Waals surface area contributed by atoms with Gasteiger partial charge < -0.3 is 8.98 Å². The molecule has 0 saturated carbocycles. The molecule has 136 valence electrons. The molecule has 5 nitrogen and oxygen atoms in total. The number of piperidine rings is 1. The minimum atomic E-state index is -0.199. The Morgan fingerprint density at radius 2 is 1.92 bits per heavy atom. The summed E-state index contributed by atoms with van der Waals surface area (Å²) in [6.07, 6.45) is 3.38. The summed E-state index contributed by atoms with van der Waals surface area (Å²) in [7, 11) is 1.99. The molecule has 0 radical (unpaired) electrons. The van der Waals surface area contributed by atoms with E-state index in [0.29, 0.717) is 18.3 Å². The molecule has 3 aromatic rings. The third kappa shape index (κ3) is 3.29. The average Bonchev–Trinajstić information content (AvgIpc) is 3.23. The van der Waals surface area contributed by atoms with E-state index in [1.165, 1.54) is 18.6 Å². The second-order valence-electron chi connectivity index (χ2n) is 6.95. The van der Waals surface area contributed by atoms with E-state index in [-0.39, 0.29) is 11.9 Å². The van der Waals surface area contributed by atoms with E-state index in [0.717, 1.165) is 36.3 Å². The Morgan fingerprint density at radius 1 is 1.12 bits per heavy atom. The summed E-state index contributed by atoms with van der Waals surface area (Å²) >= 11 is 0. The van der Waals surface area contributed by atoms with Gasteiger partial charge in [0.05, 0.1) is 6.54 Å². The van der Waals surface area contributed by atoms with E-state index in [1.54, 1.807) is 0 Å². The normalized spacial score (nSPS) is 18.3. The molecule has 26 heavy (non-hydrogen) atoms. The number of aryl methyl sites for hydroxylation is 1. The average molecular weight is 354 g/mol. The maximum atomic E-state index is 13.2. The highest BCUT2D eigenvalue weighted by Crippen LogP contribution is 2.32. The highest BCUT2D eigenvalue weighted by molar-refractivity contribution is 5.48. The molecule has 2 aromatic heterocycles. The van der Waals surface area contributed by atoms with Crippen molar-refractivity contribution in [3.8, 4) is 11.6 Å². The largest absolute Gasteiger partial charge is 0.418 e. The third-order valence-corrected chi connectivity index (χ3v) is 5.27. The Hall–Kier alpha value is -2.47. The number of likely N-dealkylation sites (tertiary alicyclic amines) is 1. The number of hydrogen-bond acceptors (Lipinski definition) is 4. The zero-order valence-corrected chi connectivity index (χ0v) is 15.2. The van der Waals surface area contributed by atoms with Crippen LogP contribution in [-0.2, 0) is 13.6 Å². The van der Waals surface area contributed by atoms with Crippen LogP contribution in [0.4, 0.5) is 4.39 Å². The lowest BCUT2D eigenvalue weighted by atomic mass is 9.95. The van der Waals surface area contributed by atoms with E-state index in [9.17, 15) is 4.39 Å². The smallest absolute Gasteiger partial charge is 0.264 e. The van der Waals surface area contributed by atoms with Crippen LogP contribution >= 0.6 is 0 Å². The zero-order valence-electron chi connectivity index (χ0n) is 15.2. The summed E-state index contributed by atoms with van der Waals surface area (Å²) in [5.41, 5.74) is 3.21. The first kappa shape index (κ1) is 17.0. The molecule has 1 aliphatic rings. The number of nitrogens with zero attached hydrogens (tertiary/aromatic N) is 4. The van der Waals surface area contributed by atoms with Crippen molar-refractivity contribution in [3.05, 3.63) is 59.4 Å². The number of hydrogen-bond donors (Lipinski definition) is 0. The molecule has 1 fully saturated rings. The van der Waals surface area contributed by atoms with Gasteiger partial charge in [-0.1, -0.05) is 18.6 Å². The molecule has 3 heterocycles. The molecule has 0 spiro atoms. The fourth-order valence-corrected chi connectivity index (χ4v) is 3.67. The number of rotatable bonds is 4. The van der Waals surface area contributed by atoms with Crippen molar-refractivity contribution in [2.75, 3.05) is 6.54 Å². The van der Waals surface area contributed by atoms with Gasteiger partial charge in [0.15, 0.2) is 0 Å². The quantitative estimate of drug-likeness (QED) is 0.703. The number of benzene rings is 1. The Bertz CT molecular complexity index is 884. The van der Waals surface area contributed by atoms with Crippen molar-refractivity contribution in [2.45, 2.75) is 38.8 Å². The molecule has 4 rings (SSSR count). The van der Waals surface area contributed by atoms with Crippen LogP contribution in [-0.4, -0.2) is 26.2 Å². The van der Waals surface area contributed by atoms with Gasteiger partial charge in [-0.3, -0.25) is 4.90 Å². The molecule has 0 bridgehead atoms. The van der Waals surface area contributed by atoms with Crippen molar-refractivity contribution in [3.63, 3.8) is 0 Å². The van der Waals surface area contributed by atoms with Crippen molar-refractivity contribution in [2.24, 2.45) is 7.05 Å². The maximum absolute atomic E-state index is 13.2. The molecule has 6 heteroatoms. The van der Waals surface area contributed by atoms with E-state index in [2.05, 4.69) is 15.1 Å². The summed E-state index contributed by atoms with van der Waals surface area (Å²) < 4.78 is 21.2. The van der Waals surface area contributed by atoms with E-state index in [1.807, 2.05) is 42.8 Å². The van der Waals surface area contributed by atoms with E-state index < -0.39 is 0 Å². The van der Waals surface area contributed by atoms with Crippen molar-refractivity contribution in [1.82, 2.24) is 19.7 Å². The SMILES string of the molecule is Cc1ccc(-c2nnc(CN3CCCCC3c3ccc(F)cc3)o2)n1C. The van der Waals surface area contributed by atoms with Crippen LogP contribution in [0.3, 0.4) is 0 Å². The zero-order chi connectivity index (χ0) is 18.1. The predicted molar refractivity (Wildman–Crippen MR) is 96.8 cm³/mol. The molecule has 1 unspecified atom stereocenters. The Morgan fingerprint density at radius 3 is 2.65 bits per heavy atom. The summed E-state index contributed by atoms with van der Waals surface area (Å²) in [5, 5.41) is 8.47. The lowest BCUT2D eigenvalue weighted by Crippen LogP contribution is -2.33. The fraction of sp³-hybridized carbons (Fsp3) is 0.400. The number of halogens is 1. The maximum Gasteiger partial charge on any atom is 0.264 e. The fourth-order valence-electron chi connectivity index (χ4n) is 3.67. The van der Waals surface area contributed by atoms with Crippen LogP contribution in [0.25, 0.3) is 11.6 Å². The van der Waals surface area contributed by atoms with Gasteiger partial charge in [-0.25, -0.2) is 4.39 Å². The number of aromatic nitrogens is 3. The first-order valence-corrected chi connectivity index (χ1v) is 9.06. The van der Waals surface area contributed by atoms with Gasteiger partial charge in [-0.05, 0) is 56.1 Å². The lowest BCUT2D eigenvalue weighted by Gasteiger charge is -2.35. The molecule has 0 aliphatic carbocycles. The highest BCUT2D eigenvalue weighted by Gasteiger charge is 2.26. The van der Waals surface area contributed by atoms with Gasteiger partial charge >= 0.3 is 0 Å². The summed E-state index contributed by atoms with van der Waals surface area (Å²) in [4.78, 5) is 2.35. The van der Waals surface area contributed by atoms with Gasteiger partial charge in [0.2, 0.25) is 5.89 Å². The van der Waals surface area contributed by atoms with Crippen molar-refractivity contribution < 1.29 is 8.81 Å². The topological polar surface area (TPSA) is 47.1 Å². The molecule has 1 atom stereocenters. The van der Waals surface area contributed by atoms with Crippen LogP contribution in [0.5, 0.6) is 0 Å². The second kappa shape index (κ2) is 7.03. The van der Waals surface area contributed by atoms with Gasteiger partial charge in [0.25, 0.3) is 5.89 Å². The lowest BCUT2D eigenvalue weighted by molar-refractivity contribution is 0.128. The highest BCUT2D eigenvalue weighted by atomic mass is 19.1. The Balaban J connectivity index is 1.53.